The fourth-order valence-corrected chi connectivity index (χ4v) is 4.11. The second-order valence-corrected chi connectivity index (χ2v) is 8.17. The molecular formula is C20H27F3N4O3. The molecule has 1 aromatic carbocycles. The number of anilines is 1. The molecule has 0 saturated carbocycles. The summed E-state index contributed by atoms with van der Waals surface area (Å²) in [4.78, 5) is 29.0. The highest BCUT2D eigenvalue weighted by Crippen LogP contribution is 2.36. The zero-order chi connectivity index (χ0) is 22.1. The number of hydrogen-bond acceptors (Lipinski definition) is 5. The Kier molecular flexibility index (Phi) is 6.54. The van der Waals surface area contributed by atoms with Gasteiger partial charge in [-0.05, 0) is 37.8 Å². The number of benzene rings is 1. The van der Waals surface area contributed by atoms with Crippen molar-refractivity contribution in [2.75, 3.05) is 44.2 Å². The van der Waals surface area contributed by atoms with E-state index in [1.54, 1.807) is 4.90 Å². The van der Waals surface area contributed by atoms with Gasteiger partial charge in [-0.3, -0.25) is 19.8 Å². The number of nitro groups is 1. The molecule has 0 bridgehead atoms. The highest BCUT2D eigenvalue weighted by Gasteiger charge is 2.35. The summed E-state index contributed by atoms with van der Waals surface area (Å²) in [7, 11) is 0. The van der Waals surface area contributed by atoms with Gasteiger partial charge in [0.1, 0.15) is 5.69 Å². The van der Waals surface area contributed by atoms with Crippen molar-refractivity contribution < 1.29 is 22.9 Å². The summed E-state index contributed by atoms with van der Waals surface area (Å²) < 4.78 is 38.8. The van der Waals surface area contributed by atoms with Gasteiger partial charge in [0.2, 0.25) is 5.91 Å². The molecule has 1 amide bonds. The van der Waals surface area contributed by atoms with Crippen molar-refractivity contribution in [3.8, 4) is 0 Å². The molecule has 0 aliphatic carbocycles. The first kappa shape index (κ1) is 22.3. The number of likely N-dealkylation sites (tertiary alicyclic amines) is 1. The minimum absolute atomic E-state index is 0.0934. The second-order valence-electron chi connectivity index (χ2n) is 8.17. The van der Waals surface area contributed by atoms with Gasteiger partial charge in [0.05, 0.1) is 16.5 Å². The maximum Gasteiger partial charge on any atom is 0.416 e. The summed E-state index contributed by atoms with van der Waals surface area (Å²) in [6.07, 6.45) is -2.63. The van der Waals surface area contributed by atoms with Crippen molar-refractivity contribution in [2.24, 2.45) is 5.92 Å². The van der Waals surface area contributed by atoms with Crippen LogP contribution in [0.3, 0.4) is 0 Å². The van der Waals surface area contributed by atoms with Crippen LogP contribution in [0, 0.1) is 16.0 Å². The Morgan fingerprint density at radius 2 is 1.73 bits per heavy atom. The molecule has 0 spiro atoms. The van der Waals surface area contributed by atoms with E-state index < -0.39 is 22.4 Å². The number of alkyl halides is 3. The number of nitrogens with zero attached hydrogens (tertiary/aromatic N) is 4. The van der Waals surface area contributed by atoms with Crippen molar-refractivity contribution in [1.82, 2.24) is 9.80 Å². The average molecular weight is 428 g/mol. The van der Waals surface area contributed by atoms with Gasteiger partial charge in [-0.25, -0.2) is 0 Å². The molecule has 0 N–H and O–H groups in total. The summed E-state index contributed by atoms with van der Waals surface area (Å²) in [6, 6.07) is 2.34. The van der Waals surface area contributed by atoms with Gasteiger partial charge in [-0.1, -0.05) is 6.92 Å². The van der Waals surface area contributed by atoms with Crippen LogP contribution in [0.2, 0.25) is 0 Å². The number of hydrogen-bond donors (Lipinski definition) is 0. The third-order valence-electron chi connectivity index (χ3n) is 6.15. The lowest BCUT2D eigenvalue weighted by atomic mass is 9.98. The number of halogens is 3. The lowest BCUT2D eigenvalue weighted by Crippen LogP contribution is -2.55. The van der Waals surface area contributed by atoms with Crippen LogP contribution in [0.1, 0.15) is 32.3 Å². The fourth-order valence-electron chi connectivity index (χ4n) is 4.11. The first-order valence-corrected chi connectivity index (χ1v) is 10.2. The first-order valence-electron chi connectivity index (χ1n) is 10.2. The number of amides is 1. The van der Waals surface area contributed by atoms with Crippen molar-refractivity contribution >= 4 is 17.3 Å². The molecular weight excluding hydrogens is 401 g/mol. The van der Waals surface area contributed by atoms with E-state index in [4.69, 9.17) is 0 Å². The SMILES string of the molecule is CC1CCN(C(=O)[C@H](C)N2CCN(c3ccc(C(F)(F)F)cc3[N+](=O)[O-])CC2)CC1. The van der Waals surface area contributed by atoms with Crippen molar-refractivity contribution in [3.63, 3.8) is 0 Å². The molecule has 1 aromatic rings. The minimum atomic E-state index is -4.63. The molecule has 2 aliphatic rings. The van der Waals surface area contributed by atoms with Crippen molar-refractivity contribution in [1.29, 1.82) is 0 Å². The number of carbonyl (C=O) groups excluding carboxylic acids is 1. The number of rotatable bonds is 4. The maximum atomic E-state index is 12.9. The standard InChI is InChI=1S/C20H27F3N4O3/c1-14-5-7-26(8-6-14)19(28)15(2)24-9-11-25(12-10-24)17-4-3-16(20(21,22)23)13-18(17)27(29)30/h3-4,13-15H,5-12H2,1-2H3/t15-/m0/s1. The molecule has 0 unspecified atom stereocenters. The monoisotopic (exact) mass is 428 g/mol. The Hall–Kier alpha value is -2.36. The quantitative estimate of drug-likeness (QED) is 0.543. The Morgan fingerprint density at radius 1 is 1.13 bits per heavy atom. The Balaban J connectivity index is 1.65. The van der Waals surface area contributed by atoms with E-state index in [1.807, 2.05) is 16.7 Å². The van der Waals surface area contributed by atoms with Crippen LogP contribution in [0.4, 0.5) is 24.5 Å². The zero-order valence-electron chi connectivity index (χ0n) is 17.2. The summed E-state index contributed by atoms with van der Waals surface area (Å²) >= 11 is 0. The van der Waals surface area contributed by atoms with Crippen molar-refractivity contribution in [2.45, 2.75) is 38.9 Å². The van der Waals surface area contributed by atoms with Crippen LogP contribution in [0.25, 0.3) is 0 Å². The second kappa shape index (κ2) is 8.79. The van der Waals surface area contributed by atoms with Gasteiger partial charge >= 0.3 is 6.18 Å². The Labute approximate surface area is 173 Å². The molecule has 2 aliphatic heterocycles. The third-order valence-corrected chi connectivity index (χ3v) is 6.15. The Morgan fingerprint density at radius 3 is 2.27 bits per heavy atom. The number of piperazine rings is 1. The van der Waals surface area contributed by atoms with Gasteiger partial charge in [0.15, 0.2) is 0 Å². The van der Waals surface area contributed by atoms with E-state index in [9.17, 15) is 28.1 Å². The molecule has 7 nitrogen and oxygen atoms in total. The largest absolute Gasteiger partial charge is 0.416 e. The number of carbonyl (C=O) groups is 1. The normalized spacial score (nSPS) is 20.3. The molecule has 2 fully saturated rings. The molecule has 2 heterocycles. The molecule has 0 aromatic heterocycles. The van der Waals surface area contributed by atoms with E-state index in [2.05, 4.69) is 6.92 Å². The summed E-state index contributed by atoms with van der Waals surface area (Å²) in [5.41, 5.74) is -1.41. The molecule has 0 radical (unpaired) electrons. The van der Waals surface area contributed by atoms with E-state index in [0.717, 1.165) is 32.0 Å². The maximum absolute atomic E-state index is 12.9. The predicted octanol–water partition coefficient (Wildman–Crippen LogP) is 3.38. The highest BCUT2D eigenvalue weighted by molar-refractivity contribution is 5.81. The molecule has 166 valence electrons. The van der Waals surface area contributed by atoms with Crippen molar-refractivity contribution in [3.05, 3.63) is 33.9 Å². The number of nitro benzene ring substituents is 1. The molecule has 1 atom stereocenters. The van der Waals surface area contributed by atoms with Gasteiger partial charge in [0, 0.05) is 45.3 Å². The molecule has 2 saturated heterocycles. The molecule has 10 heteroatoms. The smallest absolute Gasteiger partial charge is 0.363 e. The van der Waals surface area contributed by atoms with E-state index in [-0.39, 0.29) is 17.6 Å². The lowest BCUT2D eigenvalue weighted by Gasteiger charge is -2.40. The molecule has 30 heavy (non-hydrogen) atoms. The highest BCUT2D eigenvalue weighted by atomic mass is 19.4. The predicted molar refractivity (Wildman–Crippen MR) is 106 cm³/mol. The summed E-state index contributed by atoms with van der Waals surface area (Å²) in [6.45, 7) is 7.41. The van der Waals surface area contributed by atoms with Crippen LogP contribution in [0.15, 0.2) is 18.2 Å². The average Bonchev–Trinajstić information content (AvgIpc) is 2.72. The van der Waals surface area contributed by atoms with E-state index in [0.29, 0.717) is 38.2 Å². The van der Waals surface area contributed by atoms with Crippen LogP contribution in [0.5, 0.6) is 0 Å². The van der Waals surface area contributed by atoms with Gasteiger partial charge in [0.25, 0.3) is 5.69 Å². The Bertz CT molecular complexity index is 786. The van der Waals surface area contributed by atoms with Crippen LogP contribution in [-0.4, -0.2) is 65.9 Å². The van der Waals surface area contributed by atoms with E-state index in [1.165, 1.54) is 6.07 Å². The van der Waals surface area contributed by atoms with Gasteiger partial charge < -0.3 is 9.80 Å². The summed E-state index contributed by atoms with van der Waals surface area (Å²) in [5.74, 6) is 0.725. The van der Waals surface area contributed by atoms with Crippen LogP contribution in [-0.2, 0) is 11.0 Å². The topological polar surface area (TPSA) is 69.9 Å². The van der Waals surface area contributed by atoms with Gasteiger partial charge in [-0.2, -0.15) is 13.2 Å². The molecule has 3 rings (SSSR count). The first-order chi connectivity index (χ1) is 14.1. The van der Waals surface area contributed by atoms with Gasteiger partial charge in [-0.15, -0.1) is 0 Å². The fraction of sp³-hybridized carbons (Fsp3) is 0.650. The summed E-state index contributed by atoms with van der Waals surface area (Å²) in [5, 5.41) is 11.4. The third kappa shape index (κ3) is 4.85. The van der Waals surface area contributed by atoms with E-state index >= 15 is 0 Å². The number of piperidine rings is 1. The lowest BCUT2D eigenvalue weighted by molar-refractivity contribution is -0.384. The van der Waals surface area contributed by atoms with Crippen LogP contribution >= 0.6 is 0 Å². The zero-order valence-corrected chi connectivity index (χ0v) is 17.2. The minimum Gasteiger partial charge on any atom is -0.363 e. The van der Waals surface area contributed by atoms with Crippen LogP contribution < -0.4 is 4.90 Å².